The average molecular weight is 346 g/mol. The molecule has 0 radical (unpaired) electrons. The summed E-state index contributed by atoms with van der Waals surface area (Å²) in [5, 5.41) is 16.2. The molecule has 0 unspecified atom stereocenters. The van der Waals surface area contributed by atoms with Crippen LogP contribution in [0, 0.1) is 0 Å². The van der Waals surface area contributed by atoms with Gasteiger partial charge in [0.2, 0.25) is 0 Å². The second kappa shape index (κ2) is 8.93. The van der Waals surface area contributed by atoms with Crippen molar-refractivity contribution in [2.24, 2.45) is 5.16 Å². The van der Waals surface area contributed by atoms with E-state index in [2.05, 4.69) is 21.5 Å². The van der Waals surface area contributed by atoms with Gasteiger partial charge in [-0.3, -0.25) is 4.98 Å². The molecule has 0 amide bonds. The molecule has 6 heteroatoms. The molecule has 0 aliphatic heterocycles. The van der Waals surface area contributed by atoms with Crippen LogP contribution in [-0.2, 0) is 6.42 Å². The van der Waals surface area contributed by atoms with Crippen LogP contribution in [0.5, 0.6) is 0 Å². The molecule has 0 spiro atoms. The molecular formula is C18H20ClN3O2. The number of nitrogens with one attached hydrogen (secondary N) is 1. The minimum atomic E-state index is 0. The maximum absolute atomic E-state index is 8.58. The molecule has 0 saturated carbocycles. The molecule has 5 nitrogen and oxygen atoms in total. The average Bonchev–Trinajstić information content (AvgIpc) is 3.02. The third-order valence-corrected chi connectivity index (χ3v) is 3.79. The van der Waals surface area contributed by atoms with Crippen LogP contribution in [0.1, 0.15) is 24.2 Å². The van der Waals surface area contributed by atoms with E-state index in [-0.39, 0.29) is 12.4 Å². The van der Waals surface area contributed by atoms with Crippen molar-refractivity contribution in [3.05, 3.63) is 60.2 Å². The van der Waals surface area contributed by atoms with E-state index in [4.69, 9.17) is 9.62 Å². The Morgan fingerprint density at radius 1 is 1.17 bits per heavy atom. The van der Waals surface area contributed by atoms with Crippen LogP contribution >= 0.6 is 12.4 Å². The molecule has 2 heterocycles. The first-order valence-corrected chi connectivity index (χ1v) is 7.70. The number of rotatable bonds is 7. The van der Waals surface area contributed by atoms with Gasteiger partial charge in [-0.2, -0.15) is 0 Å². The summed E-state index contributed by atoms with van der Waals surface area (Å²) >= 11 is 0. The van der Waals surface area contributed by atoms with E-state index < -0.39 is 0 Å². The fourth-order valence-electron chi connectivity index (χ4n) is 2.63. The van der Waals surface area contributed by atoms with Gasteiger partial charge in [0, 0.05) is 23.8 Å². The van der Waals surface area contributed by atoms with Gasteiger partial charge in [0.25, 0.3) is 0 Å². The Morgan fingerprint density at radius 2 is 2.04 bits per heavy atom. The summed E-state index contributed by atoms with van der Waals surface area (Å²) in [7, 11) is 0. The van der Waals surface area contributed by atoms with E-state index in [1.165, 1.54) is 6.21 Å². The lowest BCUT2D eigenvalue weighted by molar-refractivity contribution is 0.320. The molecule has 3 aromatic rings. The minimum absolute atomic E-state index is 0. The lowest BCUT2D eigenvalue weighted by Crippen LogP contribution is -2.03. The Kier molecular flexibility index (Phi) is 6.63. The van der Waals surface area contributed by atoms with Gasteiger partial charge >= 0.3 is 0 Å². The van der Waals surface area contributed by atoms with Gasteiger partial charge in [-0.1, -0.05) is 23.4 Å². The number of hydrogen-bond donors (Lipinski definition) is 2. The Bertz CT molecular complexity index is 796. The molecule has 2 aromatic heterocycles. The predicted octanol–water partition coefficient (Wildman–Crippen LogP) is 4.49. The highest BCUT2D eigenvalue weighted by atomic mass is 35.5. The normalized spacial score (nSPS) is 10.8. The number of para-hydroxylation sites is 1. The van der Waals surface area contributed by atoms with Gasteiger partial charge in [0.15, 0.2) is 5.76 Å². The molecule has 2 N–H and O–H groups in total. The van der Waals surface area contributed by atoms with Gasteiger partial charge in [0.05, 0.1) is 11.8 Å². The van der Waals surface area contributed by atoms with Crippen molar-refractivity contribution in [1.82, 2.24) is 4.98 Å². The third kappa shape index (κ3) is 4.26. The zero-order chi connectivity index (χ0) is 15.9. The van der Waals surface area contributed by atoms with Crippen molar-refractivity contribution >= 4 is 35.2 Å². The second-order valence-corrected chi connectivity index (χ2v) is 5.31. The molecular weight excluding hydrogens is 326 g/mol. The number of oxime groups is 1. The van der Waals surface area contributed by atoms with Gasteiger partial charge in [-0.15, -0.1) is 12.4 Å². The Hall–Kier alpha value is -2.53. The van der Waals surface area contributed by atoms with Crippen LogP contribution in [0.15, 0.2) is 58.4 Å². The van der Waals surface area contributed by atoms with Crippen LogP contribution in [0.4, 0.5) is 5.69 Å². The predicted molar refractivity (Wildman–Crippen MR) is 98.5 cm³/mol. The number of furan rings is 1. The molecule has 0 aliphatic carbocycles. The molecule has 0 bridgehead atoms. The molecule has 0 atom stereocenters. The smallest absolute Gasteiger partial charge is 0.151 e. The van der Waals surface area contributed by atoms with Gasteiger partial charge in [0.1, 0.15) is 6.21 Å². The highest BCUT2D eigenvalue weighted by Gasteiger charge is 2.04. The number of halogens is 1. The number of anilines is 1. The number of aromatic nitrogens is 1. The lowest BCUT2D eigenvalue weighted by Gasteiger charge is -2.09. The quantitative estimate of drug-likeness (QED) is 0.286. The molecule has 0 saturated heterocycles. The lowest BCUT2D eigenvalue weighted by atomic mass is 10.1. The summed E-state index contributed by atoms with van der Waals surface area (Å²) in [6.07, 6.45) is 7.75. The van der Waals surface area contributed by atoms with E-state index in [1.54, 1.807) is 6.26 Å². The molecule has 1 aromatic carbocycles. The number of aryl methyl sites for hydroxylation is 1. The van der Waals surface area contributed by atoms with Crippen molar-refractivity contribution in [2.45, 2.75) is 19.3 Å². The maximum Gasteiger partial charge on any atom is 0.151 e. The van der Waals surface area contributed by atoms with E-state index >= 15 is 0 Å². The molecule has 126 valence electrons. The summed E-state index contributed by atoms with van der Waals surface area (Å²) in [5.41, 5.74) is 3.19. The number of benzene rings is 1. The standard InChI is InChI=1S/C18H19N3O2.ClH/c22-21-13-18-14(9-12-23-18)5-3-4-10-19-17-8-11-20-16-7-2-1-6-15(16)17;/h1-2,6-9,11-13,22H,3-5,10H2,(H,19,20);1H/b21-13-;. The van der Waals surface area contributed by atoms with Crippen LogP contribution in [0.2, 0.25) is 0 Å². The zero-order valence-electron chi connectivity index (χ0n) is 13.2. The minimum Gasteiger partial charge on any atom is -0.463 e. The van der Waals surface area contributed by atoms with Crippen molar-refractivity contribution in [2.75, 3.05) is 11.9 Å². The third-order valence-electron chi connectivity index (χ3n) is 3.79. The zero-order valence-corrected chi connectivity index (χ0v) is 14.0. The van der Waals surface area contributed by atoms with Gasteiger partial charge < -0.3 is 14.9 Å². The topological polar surface area (TPSA) is 70.7 Å². The summed E-state index contributed by atoms with van der Waals surface area (Å²) < 4.78 is 5.25. The molecule has 24 heavy (non-hydrogen) atoms. The van der Waals surface area contributed by atoms with Gasteiger partial charge in [-0.05, 0) is 43.0 Å². The number of hydrogen-bond acceptors (Lipinski definition) is 5. The highest BCUT2D eigenvalue weighted by Crippen LogP contribution is 2.21. The highest BCUT2D eigenvalue weighted by molar-refractivity contribution is 5.90. The van der Waals surface area contributed by atoms with Crippen molar-refractivity contribution in [3.8, 4) is 0 Å². The monoisotopic (exact) mass is 345 g/mol. The van der Waals surface area contributed by atoms with E-state index in [0.717, 1.165) is 48.0 Å². The van der Waals surface area contributed by atoms with Crippen LogP contribution in [0.25, 0.3) is 10.9 Å². The van der Waals surface area contributed by atoms with E-state index in [9.17, 15) is 0 Å². The number of unbranched alkanes of at least 4 members (excludes halogenated alkanes) is 1. The molecule has 0 aliphatic rings. The first-order chi connectivity index (χ1) is 11.4. The Labute approximate surface area is 146 Å². The number of fused-ring (bicyclic) bond motifs is 1. The largest absolute Gasteiger partial charge is 0.463 e. The van der Waals surface area contributed by atoms with Crippen LogP contribution in [0.3, 0.4) is 0 Å². The van der Waals surface area contributed by atoms with Crippen molar-refractivity contribution in [3.63, 3.8) is 0 Å². The van der Waals surface area contributed by atoms with Crippen LogP contribution < -0.4 is 5.32 Å². The molecule has 3 rings (SSSR count). The number of nitrogens with zero attached hydrogens (tertiary/aromatic N) is 2. The summed E-state index contributed by atoms with van der Waals surface area (Å²) in [4.78, 5) is 4.36. The summed E-state index contributed by atoms with van der Waals surface area (Å²) in [6.45, 7) is 0.898. The Balaban J connectivity index is 0.00000208. The first-order valence-electron chi connectivity index (χ1n) is 7.70. The fourth-order valence-corrected chi connectivity index (χ4v) is 2.63. The summed E-state index contributed by atoms with van der Waals surface area (Å²) in [6, 6.07) is 12.0. The van der Waals surface area contributed by atoms with Crippen LogP contribution in [-0.4, -0.2) is 23.0 Å². The van der Waals surface area contributed by atoms with Gasteiger partial charge in [-0.25, -0.2) is 0 Å². The molecule has 0 fully saturated rings. The first kappa shape index (κ1) is 17.8. The van der Waals surface area contributed by atoms with E-state index in [1.807, 2.05) is 36.5 Å². The fraction of sp³-hybridized carbons (Fsp3) is 0.222. The number of pyridine rings is 1. The van der Waals surface area contributed by atoms with E-state index in [0.29, 0.717) is 5.76 Å². The maximum atomic E-state index is 8.58. The SMILES string of the molecule is Cl.O/N=C\c1occc1CCCCNc1ccnc2ccccc12. The summed E-state index contributed by atoms with van der Waals surface area (Å²) in [5.74, 6) is 0.626. The van der Waals surface area contributed by atoms with Crippen molar-refractivity contribution in [1.29, 1.82) is 0 Å². The van der Waals surface area contributed by atoms with Crippen molar-refractivity contribution < 1.29 is 9.62 Å². The second-order valence-electron chi connectivity index (χ2n) is 5.31. The Morgan fingerprint density at radius 3 is 2.92 bits per heavy atom.